The highest BCUT2D eigenvalue weighted by Crippen LogP contribution is 2.23. The van der Waals surface area contributed by atoms with Crippen molar-refractivity contribution in [3.8, 4) is 6.07 Å². The van der Waals surface area contributed by atoms with Gasteiger partial charge in [0.15, 0.2) is 0 Å². The summed E-state index contributed by atoms with van der Waals surface area (Å²) in [5.41, 5.74) is 0.529. The fraction of sp³-hybridized carbons (Fsp3) is 0.438. The lowest BCUT2D eigenvalue weighted by molar-refractivity contribution is -0.116. The van der Waals surface area contributed by atoms with Crippen LogP contribution in [0.25, 0.3) is 0 Å². The number of likely N-dealkylation sites (tertiary alicyclic amines) is 1. The van der Waals surface area contributed by atoms with E-state index in [0.717, 1.165) is 32.5 Å². The molecule has 1 aliphatic rings. The first-order chi connectivity index (χ1) is 11.3. The molecular formula is C16H19N5OS. The molecule has 0 bridgehead atoms. The van der Waals surface area contributed by atoms with Gasteiger partial charge in [0.1, 0.15) is 11.1 Å². The van der Waals surface area contributed by atoms with Gasteiger partial charge in [-0.2, -0.15) is 10.4 Å². The molecule has 0 saturated carbocycles. The third-order valence-corrected chi connectivity index (χ3v) is 4.95. The van der Waals surface area contributed by atoms with Crippen molar-refractivity contribution in [2.24, 2.45) is 0 Å². The van der Waals surface area contributed by atoms with Gasteiger partial charge in [-0.15, -0.1) is 11.3 Å². The maximum absolute atomic E-state index is 12.1. The van der Waals surface area contributed by atoms with Crippen molar-refractivity contribution in [3.05, 3.63) is 35.5 Å². The molecule has 120 valence electrons. The van der Waals surface area contributed by atoms with Gasteiger partial charge < -0.3 is 5.32 Å². The molecule has 7 heteroatoms. The molecule has 0 aromatic carbocycles. The van der Waals surface area contributed by atoms with Crippen LogP contribution >= 0.6 is 11.3 Å². The smallest absolute Gasteiger partial charge is 0.226 e. The predicted octanol–water partition coefficient (Wildman–Crippen LogP) is 2.31. The van der Waals surface area contributed by atoms with Crippen molar-refractivity contribution in [1.82, 2.24) is 14.7 Å². The van der Waals surface area contributed by atoms with Gasteiger partial charge in [0.2, 0.25) is 5.91 Å². The van der Waals surface area contributed by atoms with Crippen LogP contribution < -0.4 is 5.32 Å². The van der Waals surface area contributed by atoms with Gasteiger partial charge in [-0.1, -0.05) is 0 Å². The van der Waals surface area contributed by atoms with Crippen LogP contribution in [0.4, 0.5) is 5.00 Å². The number of amides is 1. The van der Waals surface area contributed by atoms with Crippen LogP contribution in [0.3, 0.4) is 0 Å². The molecule has 1 atom stereocenters. The summed E-state index contributed by atoms with van der Waals surface area (Å²) in [5, 5.41) is 18.5. The number of rotatable bonds is 6. The van der Waals surface area contributed by atoms with E-state index < -0.39 is 0 Å². The van der Waals surface area contributed by atoms with Gasteiger partial charge in [-0.05, 0) is 36.9 Å². The number of nitrogens with zero attached hydrogens (tertiary/aromatic N) is 4. The van der Waals surface area contributed by atoms with Crippen molar-refractivity contribution in [2.45, 2.75) is 31.8 Å². The van der Waals surface area contributed by atoms with Crippen LogP contribution in [0.1, 0.15) is 24.8 Å². The number of nitriles is 1. The van der Waals surface area contributed by atoms with Crippen molar-refractivity contribution >= 4 is 22.2 Å². The molecule has 6 nitrogen and oxygen atoms in total. The van der Waals surface area contributed by atoms with Crippen molar-refractivity contribution in [2.75, 3.05) is 18.4 Å². The maximum atomic E-state index is 12.1. The highest BCUT2D eigenvalue weighted by molar-refractivity contribution is 7.14. The van der Waals surface area contributed by atoms with Crippen LogP contribution in [0.5, 0.6) is 0 Å². The molecule has 1 amide bonds. The molecule has 3 heterocycles. The molecule has 1 N–H and O–H groups in total. The minimum atomic E-state index is -0.0336. The van der Waals surface area contributed by atoms with Crippen molar-refractivity contribution in [3.63, 3.8) is 0 Å². The summed E-state index contributed by atoms with van der Waals surface area (Å²) in [6.45, 7) is 2.64. The summed E-state index contributed by atoms with van der Waals surface area (Å²) in [7, 11) is 0. The predicted molar refractivity (Wildman–Crippen MR) is 89.1 cm³/mol. The number of hydrogen-bond acceptors (Lipinski definition) is 5. The highest BCUT2D eigenvalue weighted by atomic mass is 32.1. The summed E-state index contributed by atoms with van der Waals surface area (Å²) in [6, 6.07) is 6.18. The molecule has 2 aromatic rings. The number of hydrogen-bond donors (Lipinski definition) is 1. The number of anilines is 1. The second kappa shape index (κ2) is 7.40. The Morgan fingerprint density at radius 1 is 1.57 bits per heavy atom. The van der Waals surface area contributed by atoms with E-state index in [-0.39, 0.29) is 5.91 Å². The minimum absolute atomic E-state index is 0.0336. The number of aromatic nitrogens is 2. The molecule has 3 rings (SSSR count). The van der Waals surface area contributed by atoms with E-state index in [0.29, 0.717) is 23.0 Å². The van der Waals surface area contributed by atoms with E-state index in [1.54, 1.807) is 12.3 Å². The first kappa shape index (κ1) is 15.7. The lowest BCUT2D eigenvalue weighted by atomic mass is 10.2. The Labute approximate surface area is 139 Å². The number of nitrogens with one attached hydrogen (secondary N) is 1. The number of carbonyl (C=O) groups is 1. The van der Waals surface area contributed by atoms with E-state index in [2.05, 4.69) is 21.4 Å². The molecule has 0 unspecified atom stereocenters. The molecule has 2 aromatic heterocycles. The Morgan fingerprint density at radius 2 is 2.48 bits per heavy atom. The van der Waals surface area contributed by atoms with E-state index in [1.165, 1.54) is 11.3 Å². The zero-order valence-electron chi connectivity index (χ0n) is 12.8. The van der Waals surface area contributed by atoms with Crippen LogP contribution in [0, 0.1) is 11.3 Å². The molecule has 0 radical (unpaired) electrons. The Morgan fingerprint density at radius 3 is 3.26 bits per heavy atom. The van der Waals surface area contributed by atoms with Crippen molar-refractivity contribution in [1.29, 1.82) is 5.26 Å². The zero-order valence-corrected chi connectivity index (χ0v) is 13.6. The largest absolute Gasteiger partial charge is 0.317 e. The van der Waals surface area contributed by atoms with Gasteiger partial charge in [0.25, 0.3) is 0 Å². The average Bonchev–Trinajstić information content (AvgIpc) is 3.28. The minimum Gasteiger partial charge on any atom is -0.317 e. The molecule has 23 heavy (non-hydrogen) atoms. The average molecular weight is 329 g/mol. The Balaban J connectivity index is 1.49. The Hall–Kier alpha value is -2.17. The number of carbonyl (C=O) groups excluding carboxylic acids is 1. The van der Waals surface area contributed by atoms with Crippen LogP contribution in [0.2, 0.25) is 0 Å². The number of thiophene rings is 1. The maximum Gasteiger partial charge on any atom is 0.226 e. The zero-order chi connectivity index (χ0) is 16.1. The van der Waals surface area contributed by atoms with E-state index >= 15 is 0 Å². The molecule has 0 spiro atoms. The molecular weight excluding hydrogens is 310 g/mol. The lowest BCUT2D eigenvalue weighted by Crippen LogP contribution is -2.35. The Bertz CT molecular complexity index is 688. The standard InChI is InChI=1S/C16H19N5OS/c17-11-13-5-10-23-16(13)19-15(22)4-9-20-7-1-3-14(20)12-21-8-2-6-18-21/h2,5-6,8,10,14H,1,3-4,7,9,12H2,(H,19,22)/t14-/m0/s1. The highest BCUT2D eigenvalue weighted by Gasteiger charge is 2.25. The summed E-state index contributed by atoms with van der Waals surface area (Å²) < 4.78 is 1.95. The Kier molecular flexibility index (Phi) is 5.05. The van der Waals surface area contributed by atoms with Gasteiger partial charge in [0.05, 0.1) is 12.1 Å². The van der Waals surface area contributed by atoms with Crippen LogP contribution in [-0.4, -0.2) is 39.7 Å². The summed E-state index contributed by atoms with van der Waals surface area (Å²) >= 11 is 1.38. The van der Waals surface area contributed by atoms with E-state index in [1.807, 2.05) is 22.3 Å². The third kappa shape index (κ3) is 3.97. The first-order valence-electron chi connectivity index (χ1n) is 7.75. The topological polar surface area (TPSA) is 74.0 Å². The fourth-order valence-corrected chi connectivity index (χ4v) is 3.70. The molecule has 0 aliphatic carbocycles. The molecule has 1 aliphatic heterocycles. The SMILES string of the molecule is N#Cc1ccsc1NC(=O)CCN1CCC[C@H]1Cn1cccn1. The van der Waals surface area contributed by atoms with Crippen molar-refractivity contribution < 1.29 is 4.79 Å². The summed E-state index contributed by atoms with van der Waals surface area (Å²) in [4.78, 5) is 14.5. The lowest BCUT2D eigenvalue weighted by Gasteiger charge is -2.24. The monoisotopic (exact) mass is 329 g/mol. The summed E-state index contributed by atoms with van der Waals surface area (Å²) in [6.07, 6.45) is 6.52. The summed E-state index contributed by atoms with van der Waals surface area (Å²) in [5.74, 6) is -0.0336. The second-order valence-corrected chi connectivity index (χ2v) is 6.55. The molecule has 1 saturated heterocycles. The molecule has 1 fully saturated rings. The van der Waals surface area contributed by atoms with E-state index in [9.17, 15) is 4.79 Å². The van der Waals surface area contributed by atoms with Gasteiger partial charge in [-0.25, -0.2) is 0 Å². The third-order valence-electron chi connectivity index (χ3n) is 4.12. The van der Waals surface area contributed by atoms with Gasteiger partial charge in [0, 0.05) is 31.4 Å². The fourth-order valence-electron chi connectivity index (χ4n) is 2.95. The quantitative estimate of drug-likeness (QED) is 0.882. The van der Waals surface area contributed by atoms with E-state index in [4.69, 9.17) is 5.26 Å². The normalized spacial score (nSPS) is 18.0. The van der Waals surface area contributed by atoms with Crippen LogP contribution in [-0.2, 0) is 11.3 Å². The van der Waals surface area contributed by atoms with Crippen LogP contribution in [0.15, 0.2) is 29.9 Å². The van der Waals surface area contributed by atoms with Gasteiger partial charge >= 0.3 is 0 Å². The second-order valence-electron chi connectivity index (χ2n) is 5.63. The first-order valence-corrected chi connectivity index (χ1v) is 8.63. The van der Waals surface area contributed by atoms with Gasteiger partial charge in [-0.3, -0.25) is 14.4 Å².